The Kier molecular flexibility index (Phi) is 44.0. The van der Waals surface area contributed by atoms with Crippen molar-refractivity contribution in [3.8, 4) is 0 Å². The minimum Gasteiger partial charge on any atom is -0.481 e. The number of ether oxygens (including phenoxy) is 10. The molecule has 0 aromatic carbocycles. The van der Waals surface area contributed by atoms with Gasteiger partial charge in [-0.05, 0) is 12.8 Å². The summed E-state index contributed by atoms with van der Waals surface area (Å²) in [6.45, 7) is -4.16. The number of esters is 1. The highest BCUT2D eigenvalue weighted by Crippen LogP contribution is 2.12. The second kappa shape index (κ2) is 45.3. The SMILES string of the molecule is O=C(O)CCCCCCCCCCCCC(=O)OCC(O)COCC(O)COCC(O)COCC(O)COCC(O)COCC(O)COC(O)COCC(O)COCC(O)COCC(O)CO. The van der Waals surface area contributed by atoms with Crippen molar-refractivity contribution >= 4 is 11.9 Å². The predicted octanol–water partition coefficient (Wildman–Crippen LogP) is -3.00. The summed E-state index contributed by atoms with van der Waals surface area (Å²) in [6.07, 6.45) is -0.815. The van der Waals surface area contributed by atoms with E-state index < -0.39 is 79.8 Å². The molecule has 0 aromatic heterocycles. The minimum absolute atomic E-state index is 0.140. The summed E-state index contributed by atoms with van der Waals surface area (Å²) in [5, 5.41) is 116. The van der Waals surface area contributed by atoms with Crippen LogP contribution in [-0.2, 0) is 57.0 Å². The van der Waals surface area contributed by atoms with Crippen molar-refractivity contribution in [3.05, 3.63) is 0 Å². The van der Waals surface area contributed by atoms with Gasteiger partial charge in [-0.1, -0.05) is 51.4 Å². The van der Waals surface area contributed by atoms with Gasteiger partial charge in [0.15, 0.2) is 6.29 Å². The number of hydrogen-bond acceptors (Lipinski definition) is 23. The number of hydrogen-bond donors (Lipinski definition) is 12. The first-order valence-electron chi connectivity index (χ1n) is 23.1. The van der Waals surface area contributed by atoms with Gasteiger partial charge in [-0.15, -0.1) is 0 Å². The Morgan fingerprint density at radius 2 is 0.567 bits per heavy atom. The first-order valence-corrected chi connectivity index (χ1v) is 23.1. The van der Waals surface area contributed by atoms with Crippen molar-refractivity contribution in [2.45, 2.75) is 138 Å². The summed E-state index contributed by atoms with van der Waals surface area (Å²) in [5.74, 6) is -1.15. The van der Waals surface area contributed by atoms with Crippen molar-refractivity contribution < 1.29 is 118 Å². The van der Waals surface area contributed by atoms with Crippen molar-refractivity contribution in [1.82, 2.24) is 0 Å². The summed E-state index contributed by atoms with van der Waals surface area (Å²) < 4.78 is 51.7. The molecule has 0 rings (SSSR count). The largest absolute Gasteiger partial charge is 0.481 e. The van der Waals surface area contributed by atoms with Crippen molar-refractivity contribution in [3.63, 3.8) is 0 Å². The molecule has 0 heterocycles. The molecule has 0 aromatic rings. The lowest BCUT2D eigenvalue weighted by Crippen LogP contribution is -2.32. The zero-order chi connectivity index (χ0) is 49.9. The number of rotatable bonds is 51. The van der Waals surface area contributed by atoms with Crippen LogP contribution in [0.4, 0.5) is 0 Å². The first kappa shape index (κ1) is 65.1. The lowest BCUT2D eigenvalue weighted by atomic mass is 10.1. The van der Waals surface area contributed by atoms with Gasteiger partial charge in [0.25, 0.3) is 0 Å². The van der Waals surface area contributed by atoms with Crippen LogP contribution in [0.25, 0.3) is 0 Å². The standard InChI is InChI=1S/C43H84O24/c44-13-32(45)14-58-15-33(46)16-62-25-38(51)26-65-31-43(57)67-30-40(53)28-64-24-37(50)22-61-20-35(48)18-59-17-34(47)19-60-21-36(49)23-63-27-39(52)29-66-42(56)12-10-8-6-4-2-1-3-5-7-9-11-41(54)55/h32-40,43-53,57H,1-31H2,(H,54,55). The maximum Gasteiger partial charge on any atom is 0.305 e. The third-order valence-electron chi connectivity index (χ3n) is 9.06. The smallest absolute Gasteiger partial charge is 0.305 e. The second-order valence-electron chi connectivity index (χ2n) is 16.3. The van der Waals surface area contributed by atoms with Gasteiger partial charge >= 0.3 is 11.9 Å². The summed E-state index contributed by atoms with van der Waals surface area (Å²) in [4.78, 5) is 22.5. The molecule has 12 N–H and O–H groups in total. The molecule has 10 atom stereocenters. The molecule has 0 aliphatic carbocycles. The van der Waals surface area contributed by atoms with Crippen LogP contribution in [0, 0.1) is 0 Å². The molecule has 24 heteroatoms. The second-order valence-corrected chi connectivity index (χ2v) is 16.3. The Labute approximate surface area is 393 Å². The molecule has 0 amide bonds. The van der Waals surface area contributed by atoms with Crippen LogP contribution in [0.2, 0.25) is 0 Å². The Bertz CT molecular complexity index is 1110. The van der Waals surface area contributed by atoms with Gasteiger partial charge < -0.3 is 109 Å². The molecule has 400 valence electrons. The van der Waals surface area contributed by atoms with Crippen LogP contribution in [0.15, 0.2) is 0 Å². The van der Waals surface area contributed by atoms with E-state index in [0.717, 1.165) is 57.8 Å². The number of aliphatic hydroxyl groups is 11. The van der Waals surface area contributed by atoms with Crippen molar-refractivity contribution in [2.24, 2.45) is 0 Å². The number of carbonyl (C=O) groups is 2. The van der Waals surface area contributed by atoms with Gasteiger partial charge in [-0.2, -0.15) is 0 Å². The Hall–Kier alpha value is -1.86. The van der Waals surface area contributed by atoms with Crippen LogP contribution >= 0.6 is 0 Å². The van der Waals surface area contributed by atoms with E-state index in [1.807, 2.05) is 0 Å². The zero-order valence-electron chi connectivity index (χ0n) is 39.0. The van der Waals surface area contributed by atoms with Gasteiger partial charge in [0, 0.05) is 12.8 Å². The highest BCUT2D eigenvalue weighted by atomic mass is 16.6. The van der Waals surface area contributed by atoms with Crippen LogP contribution in [0.3, 0.4) is 0 Å². The molecule has 0 spiro atoms. The Balaban J connectivity index is 3.74. The lowest BCUT2D eigenvalue weighted by Gasteiger charge is -2.19. The van der Waals surface area contributed by atoms with E-state index in [2.05, 4.69) is 0 Å². The average Bonchev–Trinajstić information content (AvgIpc) is 3.27. The van der Waals surface area contributed by atoms with E-state index in [4.69, 9.17) is 57.6 Å². The molecular weight excluding hydrogens is 900 g/mol. The third-order valence-corrected chi connectivity index (χ3v) is 9.06. The molecule has 0 aliphatic rings. The van der Waals surface area contributed by atoms with Gasteiger partial charge in [0.1, 0.15) is 61.5 Å². The van der Waals surface area contributed by atoms with Crippen LogP contribution in [0.1, 0.15) is 77.0 Å². The maximum absolute atomic E-state index is 12.0. The van der Waals surface area contributed by atoms with E-state index >= 15 is 0 Å². The topological polar surface area (TPSA) is 369 Å². The molecule has 0 saturated carbocycles. The Morgan fingerprint density at radius 3 is 0.881 bits per heavy atom. The summed E-state index contributed by atoms with van der Waals surface area (Å²) in [7, 11) is 0. The van der Waals surface area contributed by atoms with Crippen molar-refractivity contribution in [2.75, 3.05) is 126 Å². The van der Waals surface area contributed by atoms with Gasteiger partial charge in [0.05, 0.1) is 119 Å². The molecule has 0 fully saturated rings. The highest BCUT2D eigenvalue weighted by molar-refractivity contribution is 5.69. The number of carbonyl (C=O) groups excluding carboxylic acids is 1. The maximum atomic E-state index is 12.0. The lowest BCUT2D eigenvalue weighted by molar-refractivity contribution is -0.165. The fraction of sp³-hybridized carbons (Fsp3) is 0.953. The van der Waals surface area contributed by atoms with E-state index in [0.29, 0.717) is 6.42 Å². The normalized spacial score (nSPS) is 16.5. The minimum atomic E-state index is -1.43. The molecule has 67 heavy (non-hydrogen) atoms. The number of carboxylic acids is 1. The highest BCUT2D eigenvalue weighted by Gasteiger charge is 2.16. The van der Waals surface area contributed by atoms with E-state index in [9.17, 15) is 60.7 Å². The van der Waals surface area contributed by atoms with Gasteiger partial charge in [-0.25, -0.2) is 0 Å². The third kappa shape index (κ3) is 46.3. The summed E-state index contributed by atoms with van der Waals surface area (Å²) >= 11 is 0. The first-order chi connectivity index (χ1) is 32.1. The summed E-state index contributed by atoms with van der Waals surface area (Å²) in [6, 6.07) is 0. The molecule has 0 radical (unpaired) electrons. The fourth-order valence-electron chi connectivity index (χ4n) is 5.61. The van der Waals surface area contributed by atoms with Crippen molar-refractivity contribution in [1.29, 1.82) is 0 Å². The molecule has 0 bridgehead atoms. The number of unbranched alkanes of at least 4 members (excludes halogenated alkanes) is 9. The van der Waals surface area contributed by atoms with E-state index in [1.54, 1.807) is 0 Å². The number of carboxylic acid groups (broad SMARTS) is 1. The number of aliphatic carboxylic acids is 1. The van der Waals surface area contributed by atoms with E-state index in [-0.39, 0.29) is 132 Å². The molecule has 10 unspecified atom stereocenters. The average molecular weight is 985 g/mol. The van der Waals surface area contributed by atoms with Crippen LogP contribution in [-0.4, -0.2) is 260 Å². The monoisotopic (exact) mass is 985 g/mol. The molecule has 24 nitrogen and oxygen atoms in total. The van der Waals surface area contributed by atoms with Gasteiger partial charge in [-0.3, -0.25) is 9.59 Å². The zero-order valence-corrected chi connectivity index (χ0v) is 39.0. The Morgan fingerprint density at radius 1 is 0.313 bits per heavy atom. The van der Waals surface area contributed by atoms with Crippen LogP contribution in [0.5, 0.6) is 0 Å². The number of aliphatic hydroxyl groups excluding tert-OH is 11. The molecule has 0 saturated heterocycles. The van der Waals surface area contributed by atoms with E-state index in [1.165, 1.54) is 0 Å². The van der Waals surface area contributed by atoms with Crippen LogP contribution < -0.4 is 0 Å². The fourth-order valence-corrected chi connectivity index (χ4v) is 5.61. The quantitative estimate of drug-likeness (QED) is 0.0164. The summed E-state index contributed by atoms with van der Waals surface area (Å²) in [5.41, 5.74) is 0. The van der Waals surface area contributed by atoms with Gasteiger partial charge in [0.2, 0.25) is 0 Å². The molecular formula is C43H84O24. The molecule has 0 aliphatic heterocycles. The predicted molar refractivity (Wildman–Crippen MR) is 234 cm³/mol.